The van der Waals surface area contributed by atoms with Crippen LogP contribution in [0.3, 0.4) is 0 Å². The molecule has 3 heterocycles. The van der Waals surface area contributed by atoms with Crippen LogP contribution in [-0.2, 0) is 28.4 Å². The summed E-state index contributed by atoms with van der Waals surface area (Å²) in [7, 11) is -2.24. The Kier molecular flexibility index (Phi) is 5.75. The van der Waals surface area contributed by atoms with Crippen molar-refractivity contribution in [1.29, 1.82) is 0 Å². The number of nitrogens with two attached hydrogens (primary N) is 1. The predicted molar refractivity (Wildman–Crippen MR) is 135 cm³/mol. The molecule has 5 rings (SSSR count). The van der Waals surface area contributed by atoms with Crippen molar-refractivity contribution in [2.75, 3.05) is 18.1 Å². The van der Waals surface area contributed by atoms with E-state index in [0.717, 1.165) is 29.7 Å². The molecule has 0 radical (unpaired) electrons. The van der Waals surface area contributed by atoms with Gasteiger partial charge in [-0.2, -0.15) is 5.10 Å². The van der Waals surface area contributed by atoms with Crippen LogP contribution in [0.25, 0.3) is 5.57 Å². The third-order valence-electron chi connectivity index (χ3n) is 7.60. The fourth-order valence-corrected chi connectivity index (χ4v) is 5.86. The van der Waals surface area contributed by atoms with E-state index in [-0.39, 0.29) is 28.3 Å². The number of nitrogens with zero attached hydrogens (tertiary/aromatic N) is 5. The van der Waals surface area contributed by atoms with Crippen LogP contribution in [0.1, 0.15) is 61.5 Å². The van der Waals surface area contributed by atoms with E-state index in [0.29, 0.717) is 37.3 Å². The van der Waals surface area contributed by atoms with Crippen LogP contribution in [-0.4, -0.2) is 64.6 Å². The van der Waals surface area contributed by atoms with Crippen molar-refractivity contribution in [3.8, 4) is 0 Å². The molecule has 192 valence electrons. The average Bonchev–Trinajstić information content (AvgIpc) is 3.42. The Bertz CT molecular complexity index is 1390. The van der Waals surface area contributed by atoms with Crippen LogP contribution < -0.4 is 10.0 Å². The topological polar surface area (TPSA) is 122 Å². The number of hydrogen-bond donors (Lipinski definition) is 1. The molecule has 11 heteroatoms. The number of fused-ring (bicyclic) bond motifs is 1. The van der Waals surface area contributed by atoms with Crippen LogP contribution >= 0.6 is 0 Å². The highest BCUT2D eigenvalue weighted by atomic mass is 32.2. The number of aryl methyl sites for hydroxylation is 1. The van der Waals surface area contributed by atoms with Crippen LogP contribution in [0, 0.1) is 0 Å². The third kappa shape index (κ3) is 4.30. The summed E-state index contributed by atoms with van der Waals surface area (Å²) in [6, 6.07) is 2.96. The van der Waals surface area contributed by atoms with Crippen molar-refractivity contribution in [3.63, 3.8) is 0 Å². The van der Waals surface area contributed by atoms with E-state index in [9.17, 15) is 18.0 Å². The summed E-state index contributed by atoms with van der Waals surface area (Å²) in [6.07, 6.45) is 8.07. The molecule has 2 N–H and O–H groups in total. The number of primary sulfonamides is 1. The van der Waals surface area contributed by atoms with Crippen molar-refractivity contribution in [2.45, 2.75) is 63.1 Å². The highest BCUT2D eigenvalue weighted by Crippen LogP contribution is 2.50. The van der Waals surface area contributed by atoms with Gasteiger partial charge in [-0.15, -0.1) is 0 Å². The van der Waals surface area contributed by atoms with Crippen molar-refractivity contribution in [3.05, 3.63) is 47.3 Å². The zero-order valence-electron chi connectivity index (χ0n) is 21.1. The Morgan fingerprint density at radius 3 is 2.50 bits per heavy atom. The molecule has 1 aromatic heterocycles. The minimum absolute atomic E-state index is 0.00791. The van der Waals surface area contributed by atoms with Gasteiger partial charge in [0.05, 0.1) is 35.6 Å². The van der Waals surface area contributed by atoms with Gasteiger partial charge in [0.25, 0.3) is 5.91 Å². The number of anilines is 1. The summed E-state index contributed by atoms with van der Waals surface area (Å²) in [6.45, 7) is 6.87. The van der Waals surface area contributed by atoms with E-state index in [1.165, 1.54) is 6.07 Å². The van der Waals surface area contributed by atoms with Crippen molar-refractivity contribution < 1.29 is 18.0 Å². The fourth-order valence-electron chi connectivity index (χ4n) is 5.29. The molecule has 1 aliphatic carbocycles. The minimum Gasteiger partial charge on any atom is -0.347 e. The monoisotopic (exact) mass is 512 g/mol. The number of aromatic nitrogens is 2. The van der Waals surface area contributed by atoms with Crippen LogP contribution in [0.5, 0.6) is 0 Å². The lowest BCUT2D eigenvalue weighted by Crippen LogP contribution is -2.51. The van der Waals surface area contributed by atoms with Crippen molar-refractivity contribution in [1.82, 2.24) is 19.6 Å². The molecule has 0 spiro atoms. The second-order valence-corrected chi connectivity index (χ2v) is 12.0. The summed E-state index contributed by atoms with van der Waals surface area (Å²) < 4.78 is 26.7. The molecule has 0 saturated heterocycles. The number of rotatable bonds is 5. The molecule has 2 amide bonds. The second kappa shape index (κ2) is 8.45. The van der Waals surface area contributed by atoms with E-state index in [4.69, 9.17) is 5.14 Å². The standard InChI is InChI=1S/C25H32N6O4S/c1-16-9-19(5-8-30(16)17(2)32)21-10-20(36(26,34)35)11-22-23(21)31(25(3)6-7-25)15-29(24(22)33)14-18-12-27-28(4)13-18/h5,10-13,16H,6-9,14-15H2,1-4H3,(H2,26,34,35)/t16-/m1/s1. The fraction of sp³-hybridized carbons (Fsp3) is 0.480. The lowest BCUT2D eigenvalue weighted by Gasteiger charge is -2.44. The van der Waals surface area contributed by atoms with E-state index < -0.39 is 10.0 Å². The molecule has 10 nitrogen and oxygen atoms in total. The molecule has 2 aromatic rings. The predicted octanol–water partition coefficient (Wildman–Crippen LogP) is 2.06. The van der Waals surface area contributed by atoms with Crippen LogP contribution in [0.2, 0.25) is 0 Å². The maximum absolute atomic E-state index is 13.8. The smallest absolute Gasteiger partial charge is 0.257 e. The molecule has 2 aliphatic heterocycles. The SMILES string of the molecule is CC(=O)N1CC=C(c2cc(S(N)(=O)=O)cc3c2N(C2(C)CC2)CN(Cc2cnn(C)c2)C3=O)C[C@H]1C. The van der Waals surface area contributed by atoms with Gasteiger partial charge in [0, 0.05) is 49.4 Å². The van der Waals surface area contributed by atoms with Crippen molar-refractivity contribution >= 4 is 33.1 Å². The molecule has 36 heavy (non-hydrogen) atoms. The number of hydrogen-bond acceptors (Lipinski definition) is 6. The number of sulfonamides is 1. The number of benzene rings is 1. The van der Waals surface area contributed by atoms with Gasteiger partial charge in [-0.1, -0.05) is 6.08 Å². The molecular weight excluding hydrogens is 480 g/mol. The van der Waals surface area contributed by atoms with E-state index >= 15 is 0 Å². The van der Waals surface area contributed by atoms with Gasteiger partial charge in [-0.05, 0) is 50.8 Å². The molecule has 0 unspecified atom stereocenters. The molecule has 1 atom stereocenters. The zero-order valence-corrected chi connectivity index (χ0v) is 21.9. The quantitative estimate of drug-likeness (QED) is 0.655. The zero-order chi connectivity index (χ0) is 26.0. The Labute approximate surface area is 211 Å². The van der Waals surface area contributed by atoms with Gasteiger partial charge in [0.15, 0.2) is 0 Å². The van der Waals surface area contributed by atoms with Crippen LogP contribution in [0.4, 0.5) is 5.69 Å². The lowest BCUT2D eigenvalue weighted by molar-refractivity contribution is -0.130. The Morgan fingerprint density at radius 1 is 1.25 bits per heavy atom. The largest absolute Gasteiger partial charge is 0.347 e. The van der Waals surface area contributed by atoms with Gasteiger partial charge < -0.3 is 14.7 Å². The third-order valence-corrected chi connectivity index (χ3v) is 8.49. The number of carbonyl (C=O) groups is 2. The summed E-state index contributed by atoms with van der Waals surface area (Å²) in [5.74, 6) is -0.248. The maximum atomic E-state index is 13.8. The summed E-state index contributed by atoms with van der Waals surface area (Å²) >= 11 is 0. The summed E-state index contributed by atoms with van der Waals surface area (Å²) in [5.41, 5.74) is 3.48. The van der Waals surface area contributed by atoms with Gasteiger partial charge >= 0.3 is 0 Å². The van der Waals surface area contributed by atoms with Crippen molar-refractivity contribution in [2.24, 2.45) is 12.2 Å². The molecular formula is C25H32N6O4S. The van der Waals surface area contributed by atoms with Crippen LogP contribution in [0.15, 0.2) is 35.5 Å². The van der Waals surface area contributed by atoms with Gasteiger partial charge in [0.1, 0.15) is 0 Å². The van der Waals surface area contributed by atoms with E-state index in [1.54, 1.807) is 33.7 Å². The van der Waals surface area contributed by atoms with E-state index in [1.807, 2.05) is 26.2 Å². The first-order valence-corrected chi connectivity index (χ1v) is 13.6. The van der Waals surface area contributed by atoms with Gasteiger partial charge in [0.2, 0.25) is 15.9 Å². The Hall–Kier alpha value is -3.18. The van der Waals surface area contributed by atoms with Gasteiger partial charge in [-0.25, -0.2) is 13.6 Å². The highest BCUT2D eigenvalue weighted by molar-refractivity contribution is 7.89. The first kappa shape index (κ1) is 24.5. The highest BCUT2D eigenvalue weighted by Gasteiger charge is 2.48. The van der Waals surface area contributed by atoms with Gasteiger partial charge in [-0.3, -0.25) is 14.3 Å². The van der Waals surface area contributed by atoms with E-state index in [2.05, 4.69) is 16.9 Å². The second-order valence-electron chi connectivity index (χ2n) is 10.5. The molecule has 3 aliphatic rings. The first-order chi connectivity index (χ1) is 16.9. The molecule has 1 saturated carbocycles. The average molecular weight is 513 g/mol. The normalized spacial score (nSPS) is 21.4. The number of carbonyl (C=O) groups excluding carboxylic acids is 2. The minimum atomic E-state index is -4.06. The Morgan fingerprint density at radius 2 is 1.94 bits per heavy atom. The maximum Gasteiger partial charge on any atom is 0.257 e. The molecule has 1 aromatic carbocycles. The number of amides is 2. The molecule has 1 fully saturated rings. The lowest BCUT2D eigenvalue weighted by atomic mass is 9.90. The summed E-state index contributed by atoms with van der Waals surface area (Å²) in [5, 5.41) is 9.78. The summed E-state index contributed by atoms with van der Waals surface area (Å²) in [4.78, 5) is 31.5. The Balaban J connectivity index is 1.66. The first-order valence-electron chi connectivity index (χ1n) is 12.1. The molecule has 0 bridgehead atoms.